The van der Waals surface area contributed by atoms with Crippen LogP contribution in [-0.4, -0.2) is 40.3 Å². The summed E-state index contributed by atoms with van der Waals surface area (Å²) >= 11 is 4.81. The van der Waals surface area contributed by atoms with Crippen LogP contribution in [0.15, 0.2) is 9.85 Å². The molecule has 1 aliphatic rings. The lowest BCUT2D eigenvalue weighted by atomic mass is 10.2. The number of aromatic carboxylic acids is 1. The number of aromatic nitrogens is 2. The molecular formula is C13H14BrN3O3S. The number of carboxylic acid groups (broad SMARTS) is 1. The molecule has 2 aromatic heterocycles. The third-order valence-corrected chi connectivity index (χ3v) is 5.14. The number of nitrogens with one attached hydrogen (secondary N) is 1. The van der Waals surface area contributed by atoms with E-state index in [2.05, 4.69) is 31.2 Å². The van der Waals surface area contributed by atoms with Crippen LogP contribution < -0.4 is 5.32 Å². The molecule has 2 heterocycles. The second-order valence-corrected chi connectivity index (χ2v) is 7.39. The molecule has 0 aliphatic heterocycles. The quantitative estimate of drug-likeness (QED) is 0.858. The molecule has 0 amide bonds. The molecule has 21 heavy (non-hydrogen) atoms. The number of thiophene rings is 1. The minimum absolute atomic E-state index is 0.180. The van der Waals surface area contributed by atoms with Crippen molar-refractivity contribution >= 4 is 49.3 Å². The molecule has 0 saturated heterocycles. The predicted molar refractivity (Wildman–Crippen MR) is 84.1 cm³/mol. The number of anilines is 1. The smallest absolute Gasteiger partial charge is 0.374 e. The number of methoxy groups -OCH3 is 1. The van der Waals surface area contributed by atoms with E-state index in [9.17, 15) is 4.79 Å². The minimum atomic E-state index is -1.12. The molecule has 0 aromatic carbocycles. The normalized spacial score (nSPS) is 21.8. The van der Waals surface area contributed by atoms with E-state index >= 15 is 0 Å². The fourth-order valence-electron chi connectivity index (χ4n) is 2.58. The van der Waals surface area contributed by atoms with Gasteiger partial charge in [0.25, 0.3) is 0 Å². The monoisotopic (exact) mass is 371 g/mol. The Hall–Kier alpha value is -1.25. The van der Waals surface area contributed by atoms with Crippen molar-refractivity contribution in [1.29, 1.82) is 0 Å². The average Bonchev–Trinajstić information content (AvgIpc) is 3.03. The summed E-state index contributed by atoms with van der Waals surface area (Å²) in [5.74, 6) is -0.715. The van der Waals surface area contributed by atoms with Crippen LogP contribution in [0.3, 0.4) is 0 Å². The molecular weight excluding hydrogens is 358 g/mol. The lowest BCUT2D eigenvalue weighted by Gasteiger charge is -2.14. The number of carbonyl (C=O) groups is 1. The van der Waals surface area contributed by atoms with Crippen LogP contribution in [0.2, 0.25) is 0 Å². The Balaban J connectivity index is 1.94. The first-order valence-electron chi connectivity index (χ1n) is 6.56. The van der Waals surface area contributed by atoms with Gasteiger partial charge in [0.05, 0.1) is 15.3 Å². The molecule has 8 heteroatoms. The van der Waals surface area contributed by atoms with Gasteiger partial charge in [0.1, 0.15) is 10.6 Å². The lowest BCUT2D eigenvalue weighted by molar-refractivity contribution is 0.0684. The van der Waals surface area contributed by atoms with Crippen LogP contribution >= 0.6 is 27.3 Å². The summed E-state index contributed by atoms with van der Waals surface area (Å²) in [6.45, 7) is 0. The number of ether oxygens (including phenoxy) is 1. The van der Waals surface area contributed by atoms with E-state index in [-0.39, 0.29) is 18.0 Å². The summed E-state index contributed by atoms with van der Waals surface area (Å²) in [4.78, 5) is 20.1. The van der Waals surface area contributed by atoms with Crippen molar-refractivity contribution in [3.05, 3.63) is 15.7 Å². The van der Waals surface area contributed by atoms with E-state index in [1.54, 1.807) is 7.11 Å². The Bertz CT molecular complexity index is 691. The van der Waals surface area contributed by atoms with Gasteiger partial charge in [0.15, 0.2) is 0 Å². The van der Waals surface area contributed by atoms with Crippen molar-refractivity contribution in [3.63, 3.8) is 0 Å². The van der Waals surface area contributed by atoms with Crippen LogP contribution in [0.25, 0.3) is 10.2 Å². The third-order valence-electron chi connectivity index (χ3n) is 3.61. The van der Waals surface area contributed by atoms with Crippen LogP contribution in [-0.2, 0) is 4.74 Å². The zero-order chi connectivity index (χ0) is 15.0. The molecule has 1 fully saturated rings. The number of carboxylic acids is 1. The van der Waals surface area contributed by atoms with Gasteiger partial charge in [-0.1, -0.05) is 0 Å². The molecule has 0 unspecified atom stereocenters. The van der Waals surface area contributed by atoms with E-state index in [0.717, 1.165) is 28.4 Å². The molecule has 1 saturated carbocycles. The van der Waals surface area contributed by atoms with Crippen LogP contribution in [0, 0.1) is 0 Å². The summed E-state index contributed by atoms with van der Waals surface area (Å²) in [7, 11) is 1.72. The van der Waals surface area contributed by atoms with Gasteiger partial charge in [-0.05, 0) is 41.3 Å². The number of nitrogens with zero attached hydrogens (tertiary/aromatic N) is 2. The fraction of sp³-hybridized carbons (Fsp3) is 0.462. The molecule has 112 valence electrons. The highest BCUT2D eigenvalue weighted by Crippen LogP contribution is 2.34. The number of halogens is 1. The van der Waals surface area contributed by atoms with E-state index in [0.29, 0.717) is 10.6 Å². The Morgan fingerprint density at radius 2 is 2.33 bits per heavy atom. The van der Waals surface area contributed by atoms with Crippen molar-refractivity contribution in [2.45, 2.75) is 31.4 Å². The van der Waals surface area contributed by atoms with Crippen molar-refractivity contribution in [2.24, 2.45) is 0 Å². The largest absolute Gasteiger partial charge is 0.475 e. The molecule has 2 aromatic rings. The zero-order valence-electron chi connectivity index (χ0n) is 11.3. The second kappa shape index (κ2) is 5.86. The van der Waals surface area contributed by atoms with Gasteiger partial charge in [-0.25, -0.2) is 14.8 Å². The van der Waals surface area contributed by atoms with E-state index < -0.39 is 5.97 Å². The number of rotatable bonds is 4. The maximum absolute atomic E-state index is 11.2. The number of fused-ring (bicyclic) bond motifs is 1. The van der Waals surface area contributed by atoms with Gasteiger partial charge in [0, 0.05) is 13.2 Å². The predicted octanol–water partition coefficient (Wildman–Crippen LogP) is 3.13. The third kappa shape index (κ3) is 3.02. The first-order valence-corrected chi connectivity index (χ1v) is 8.17. The number of hydrogen-bond acceptors (Lipinski definition) is 6. The highest BCUT2D eigenvalue weighted by atomic mass is 79.9. The maximum Gasteiger partial charge on any atom is 0.374 e. The molecule has 0 bridgehead atoms. The van der Waals surface area contributed by atoms with Crippen LogP contribution in [0.1, 0.15) is 29.9 Å². The van der Waals surface area contributed by atoms with E-state index in [1.165, 1.54) is 11.3 Å². The van der Waals surface area contributed by atoms with Gasteiger partial charge in [-0.2, -0.15) is 0 Å². The summed E-state index contributed by atoms with van der Waals surface area (Å²) in [6, 6.07) is 2.16. The fourth-order valence-corrected chi connectivity index (χ4v) is 4.02. The molecule has 6 nitrogen and oxygen atoms in total. The average molecular weight is 372 g/mol. The molecule has 0 spiro atoms. The van der Waals surface area contributed by atoms with Gasteiger partial charge < -0.3 is 15.2 Å². The van der Waals surface area contributed by atoms with Gasteiger partial charge >= 0.3 is 5.97 Å². The molecule has 0 radical (unpaired) electrons. The first-order chi connectivity index (χ1) is 10.1. The first kappa shape index (κ1) is 14.7. The standard InChI is InChI=1S/C13H14BrN3O3S/c1-20-7-3-2-6(4-7)15-10-8-5-9(14)21-12(8)17-11(16-10)13(18)19/h5-7H,2-4H2,1H3,(H,18,19)(H,15,16,17)/t6-,7+/m1/s1. The minimum Gasteiger partial charge on any atom is -0.475 e. The maximum atomic E-state index is 11.2. The van der Waals surface area contributed by atoms with Crippen LogP contribution in [0.5, 0.6) is 0 Å². The van der Waals surface area contributed by atoms with Gasteiger partial charge in [-0.3, -0.25) is 0 Å². The molecule has 2 atom stereocenters. The molecule has 1 aliphatic carbocycles. The van der Waals surface area contributed by atoms with Gasteiger partial charge in [0.2, 0.25) is 5.82 Å². The lowest BCUT2D eigenvalue weighted by Crippen LogP contribution is -2.19. The second-order valence-electron chi connectivity index (χ2n) is 4.98. The van der Waals surface area contributed by atoms with Crippen molar-refractivity contribution < 1.29 is 14.6 Å². The van der Waals surface area contributed by atoms with Crippen molar-refractivity contribution in [1.82, 2.24) is 9.97 Å². The SMILES string of the molecule is CO[C@H]1CC[C@@H](Nc2nc(C(=O)O)nc3sc(Br)cc23)C1. The zero-order valence-corrected chi connectivity index (χ0v) is 13.7. The summed E-state index contributed by atoms with van der Waals surface area (Å²) < 4.78 is 6.26. The topological polar surface area (TPSA) is 84.3 Å². The molecule has 3 rings (SSSR count). The van der Waals surface area contributed by atoms with E-state index in [1.807, 2.05) is 6.07 Å². The van der Waals surface area contributed by atoms with Crippen LogP contribution in [0.4, 0.5) is 5.82 Å². The highest BCUT2D eigenvalue weighted by molar-refractivity contribution is 9.11. The molecule has 2 N–H and O–H groups in total. The van der Waals surface area contributed by atoms with Crippen molar-refractivity contribution in [3.8, 4) is 0 Å². The number of hydrogen-bond donors (Lipinski definition) is 2. The summed E-state index contributed by atoms with van der Waals surface area (Å²) in [5.41, 5.74) is 0. The van der Waals surface area contributed by atoms with E-state index in [4.69, 9.17) is 9.84 Å². The van der Waals surface area contributed by atoms with Gasteiger partial charge in [-0.15, -0.1) is 11.3 Å². The van der Waals surface area contributed by atoms with Crippen molar-refractivity contribution in [2.75, 3.05) is 12.4 Å². The summed E-state index contributed by atoms with van der Waals surface area (Å²) in [5, 5.41) is 13.3. The summed E-state index contributed by atoms with van der Waals surface area (Å²) in [6.07, 6.45) is 3.14. The Kier molecular flexibility index (Phi) is 4.10. The highest BCUT2D eigenvalue weighted by Gasteiger charge is 2.26. The Morgan fingerprint density at radius 3 is 3.00 bits per heavy atom. The Labute approximate surface area is 133 Å². The Morgan fingerprint density at radius 1 is 1.52 bits per heavy atom.